The van der Waals surface area contributed by atoms with E-state index in [1.807, 2.05) is 0 Å². The maximum absolute atomic E-state index is 12.1. The lowest BCUT2D eigenvalue weighted by atomic mass is 10.2. The van der Waals surface area contributed by atoms with E-state index in [9.17, 15) is 15.0 Å². The van der Waals surface area contributed by atoms with E-state index in [0.29, 0.717) is 22.9 Å². The van der Waals surface area contributed by atoms with Crippen LogP contribution in [0.5, 0.6) is 11.5 Å². The Morgan fingerprint density at radius 2 is 1.56 bits per heavy atom. The minimum Gasteiger partial charge on any atom is -0.508 e. The van der Waals surface area contributed by atoms with Crippen molar-refractivity contribution in [3.8, 4) is 11.5 Å². The molecule has 0 saturated carbocycles. The molecule has 2 aromatic carbocycles. The van der Waals surface area contributed by atoms with Gasteiger partial charge in [-0.1, -0.05) is 0 Å². The highest BCUT2D eigenvalue weighted by atomic mass is 16.3. The summed E-state index contributed by atoms with van der Waals surface area (Å²) in [4.78, 5) is 20.8. The van der Waals surface area contributed by atoms with Gasteiger partial charge in [0.1, 0.15) is 11.5 Å². The van der Waals surface area contributed by atoms with Crippen molar-refractivity contribution in [2.24, 2.45) is 9.98 Å². The van der Waals surface area contributed by atoms with Gasteiger partial charge in [0.25, 0.3) is 0 Å². The van der Waals surface area contributed by atoms with Crippen LogP contribution in [-0.2, 0) is 4.79 Å². The molecule has 0 saturated heterocycles. The number of aliphatic imine (C=N–C) groups is 2. The number of phenols is 2. The van der Waals surface area contributed by atoms with Crippen LogP contribution in [0.25, 0.3) is 0 Å². The summed E-state index contributed by atoms with van der Waals surface area (Å²) in [6.07, 6.45) is 1.41. The van der Waals surface area contributed by atoms with E-state index in [-0.39, 0.29) is 23.1 Å². The highest BCUT2D eigenvalue weighted by molar-refractivity contribution is 6.47. The highest BCUT2D eigenvalue weighted by Gasteiger charge is 2.20. The molecule has 7 nitrogen and oxygen atoms in total. The van der Waals surface area contributed by atoms with Crippen molar-refractivity contribution >= 4 is 28.8 Å². The second-order valence-electron chi connectivity index (χ2n) is 5.26. The van der Waals surface area contributed by atoms with Gasteiger partial charge in [0.2, 0.25) is 5.78 Å². The average Bonchev–Trinajstić information content (AvgIpc) is 2.61. The number of carbonyl (C=O) groups excluding carboxylic acids is 1. The van der Waals surface area contributed by atoms with Crippen LogP contribution in [0, 0.1) is 0 Å². The third kappa shape index (κ3) is 3.84. The molecular weight excluding hydrogens is 320 g/mol. The van der Waals surface area contributed by atoms with Crippen molar-refractivity contribution in [3.05, 3.63) is 60.3 Å². The van der Waals surface area contributed by atoms with Crippen LogP contribution in [0.15, 0.2) is 70.3 Å². The Kier molecular flexibility index (Phi) is 4.47. The number of nitrogens with one attached hydrogen (secondary N) is 2. The summed E-state index contributed by atoms with van der Waals surface area (Å²) in [5.74, 6) is 0.526. The van der Waals surface area contributed by atoms with Crippen molar-refractivity contribution in [3.63, 3.8) is 0 Å². The Morgan fingerprint density at radius 1 is 0.960 bits per heavy atom. The summed E-state index contributed by atoms with van der Waals surface area (Å²) in [7, 11) is 1.61. The molecule has 1 heterocycles. The lowest BCUT2D eigenvalue weighted by Gasteiger charge is -2.16. The maximum Gasteiger partial charge on any atom is 0.222 e. The van der Waals surface area contributed by atoms with Crippen molar-refractivity contribution in [2.75, 3.05) is 12.4 Å². The number of phenolic OH excluding ortho intramolecular Hbond substituents is 2. The number of amidine groups is 2. The molecule has 3 rings (SSSR count). The molecule has 126 valence electrons. The quantitative estimate of drug-likeness (QED) is 0.644. The topological polar surface area (TPSA) is 106 Å². The molecule has 0 fully saturated rings. The number of hydrogen-bond donors (Lipinski definition) is 4. The van der Waals surface area contributed by atoms with E-state index in [1.165, 1.54) is 30.3 Å². The second-order valence-corrected chi connectivity index (χ2v) is 5.26. The van der Waals surface area contributed by atoms with E-state index in [2.05, 4.69) is 20.6 Å². The van der Waals surface area contributed by atoms with Gasteiger partial charge in [0, 0.05) is 18.8 Å². The number of dihydropyridines is 1. The molecular formula is C18H16N4O3. The molecule has 1 aliphatic rings. The fourth-order valence-corrected chi connectivity index (χ4v) is 2.19. The first-order chi connectivity index (χ1) is 12.0. The average molecular weight is 336 g/mol. The third-order valence-electron chi connectivity index (χ3n) is 3.44. The van der Waals surface area contributed by atoms with E-state index in [4.69, 9.17) is 0 Å². The molecule has 0 spiro atoms. The summed E-state index contributed by atoms with van der Waals surface area (Å²) in [6, 6.07) is 12.8. The van der Waals surface area contributed by atoms with Gasteiger partial charge in [-0.3, -0.25) is 4.79 Å². The zero-order valence-electron chi connectivity index (χ0n) is 13.4. The Bertz CT molecular complexity index is 882. The molecule has 25 heavy (non-hydrogen) atoms. The van der Waals surface area contributed by atoms with Crippen LogP contribution in [0.3, 0.4) is 0 Å². The number of benzene rings is 2. The van der Waals surface area contributed by atoms with E-state index < -0.39 is 0 Å². The Hall–Kier alpha value is -3.61. The van der Waals surface area contributed by atoms with Gasteiger partial charge in [0.15, 0.2) is 11.7 Å². The van der Waals surface area contributed by atoms with Gasteiger partial charge < -0.3 is 20.8 Å². The molecule has 2 aromatic rings. The standard InChI is InChI=1S/C18H16N4O3/c1-19-18-16(25)10-15(20-11-2-6-13(23)7-3-11)17(22-18)21-12-4-8-14(24)9-5-12/h2-10,20,23-24H,1H3,(H,19,21,22). The zero-order chi connectivity index (χ0) is 17.8. The molecule has 4 N–H and O–H groups in total. The van der Waals surface area contributed by atoms with Crippen LogP contribution in [0.2, 0.25) is 0 Å². The highest BCUT2D eigenvalue weighted by Crippen LogP contribution is 2.21. The van der Waals surface area contributed by atoms with Crippen LogP contribution >= 0.6 is 0 Å². The van der Waals surface area contributed by atoms with Gasteiger partial charge in [-0.15, -0.1) is 0 Å². The van der Waals surface area contributed by atoms with E-state index in [0.717, 1.165) is 0 Å². The lowest BCUT2D eigenvalue weighted by molar-refractivity contribution is -0.109. The van der Waals surface area contributed by atoms with E-state index in [1.54, 1.807) is 31.3 Å². The predicted octanol–water partition coefficient (Wildman–Crippen LogP) is 2.32. The number of nitrogens with zero attached hydrogens (tertiary/aromatic N) is 2. The predicted molar refractivity (Wildman–Crippen MR) is 96.5 cm³/mol. The van der Waals surface area contributed by atoms with Gasteiger partial charge in [-0.2, -0.15) is 0 Å². The van der Waals surface area contributed by atoms with Crippen LogP contribution in [0.4, 0.5) is 11.4 Å². The number of aromatic hydroxyl groups is 2. The largest absolute Gasteiger partial charge is 0.508 e. The summed E-state index contributed by atoms with van der Waals surface area (Å²) in [6.45, 7) is 0. The van der Waals surface area contributed by atoms with Gasteiger partial charge in [-0.25, -0.2) is 9.98 Å². The SMILES string of the molecule is CNC1=N/C(=N/c2ccc(O)cc2)C(Nc2ccc(O)cc2)=CC1=O. The van der Waals surface area contributed by atoms with Gasteiger partial charge >= 0.3 is 0 Å². The molecule has 0 unspecified atom stereocenters. The molecule has 7 heteroatoms. The molecule has 0 aromatic heterocycles. The monoisotopic (exact) mass is 336 g/mol. The van der Waals surface area contributed by atoms with Crippen molar-refractivity contribution in [1.82, 2.24) is 5.32 Å². The first-order valence-corrected chi connectivity index (χ1v) is 7.52. The molecule has 0 bridgehead atoms. The smallest absolute Gasteiger partial charge is 0.222 e. The molecule has 0 aliphatic carbocycles. The first kappa shape index (κ1) is 16.3. The Labute approximate surface area is 144 Å². The maximum atomic E-state index is 12.1. The number of carbonyl (C=O) groups is 1. The van der Waals surface area contributed by atoms with E-state index >= 15 is 0 Å². The van der Waals surface area contributed by atoms with Gasteiger partial charge in [-0.05, 0) is 48.5 Å². The number of anilines is 1. The molecule has 0 radical (unpaired) electrons. The molecule has 1 aliphatic heterocycles. The molecule has 0 amide bonds. The summed E-state index contributed by atoms with van der Waals surface area (Å²) in [5, 5.41) is 24.6. The minimum absolute atomic E-state index is 0.139. The number of hydrogen-bond acceptors (Lipinski definition) is 6. The molecule has 0 atom stereocenters. The second kappa shape index (κ2) is 6.88. The normalized spacial score (nSPS) is 15.6. The summed E-state index contributed by atoms with van der Waals surface area (Å²) < 4.78 is 0. The fourth-order valence-electron chi connectivity index (χ4n) is 2.19. The number of likely N-dealkylation sites (N-methyl/N-ethyl adjacent to an activating group) is 1. The number of ketones is 1. The van der Waals surface area contributed by atoms with Gasteiger partial charge in [0.05, 0.1) is 11.4 Å². The fraction of sp³-hybridized carbons (Fsp3) is 0.0556. The number of rotatable bonds is 3. The van der Waals surface area contributed by atoms with Crippen LogP contribution < -0.4 is 10.6 Å². The first-order valence-electron chi connectivity index (χ1n) is 7.52. The zero-order valence-corrected chi connectivity index (χ0v) is 13.4. The van der Waals surface area contributed by atoms with Crippen LogP contribution in [0.1, 0.15) is 0 Å². The summed E-state index contributed by atoms with van der Waals surface area (Å²) in [5.41, 5.74) is 1.70. The van der Waals surface area contributed by atoms with Crippen molar-refractivity contribution < 1.29 is 15.0 Å². The van der Waals surface area contributed by atoms with Crippen molar-refractivity contribution in [1.29, 1.82) is 0 Å². The Balaban J connectivity index is 1.96. The summed E-state index contributed by atoms with van der Waals surface area (Å²) >= 11 is 0. The Morgan fingerprint density at radius 3 is 2.16 bits per heavy atom. The lowest BCUT2D eigenvalue weighted by Crippen LogP contribution is -2.32. The van der Waals surface area contributed by atoms with Crippen molar-refractivity contribution in [2.45, 2.75) is 0 Å². The van der Waals surface area contributed by atoms with Crippen LogP contribution in [-0.4, -0.2) is 34.7 Å². The minimum atomic E-state index is -0.270. The third-order valence-corrected chi connectivity index (χ3v) is 3.44.